The van der Waals surface area contributed by atoms with Crippen LogP contribution in [0, 0.1) is 6.92 Å². The number of hydrogen-bond acceptors (Lipinski definition) is 3. The first kappa shape index (κ1) is 12.6. The zero-order chi connectivity index (χ0) is 12.4. The Hall–Kier alpha value is -0.900. The van der Waals surface area contributed by atoms with Crippen LogP contribution in [0.4, 0.5) is 0 Å². The Kier molecular flexibility index (Phi) is 3.82. The van der Waals surface area contributed by atoms with Crippen molar-refractivity contribution in [2.75, 3.05) is 0 Å². The fraction of sp³-hybridized carbons (Fsp3) is 0.167. The van der Waals surface area contributed by atoms with Crippen LogP contribution in [0.1, 0.15) is 21.1 Å². The van der Waals surface area contributed by atoms with Crippen LogP contribution in [0.3, 0.4) is 0 Å². The summed E-state index contributed by atoms with van der Waals surface area (Å²) >= 11 is 13.2. The highest BCUT2D eigenvalue weighted by molar-refractivity contribution is 7.09. The van der Waals surface area contributed by atoms with Crippen molar-refractivity contribution in [3.05, 3.63) is 49.9 Å². The number of halogens is 2. The third-order valence-electron chi connectivity index (χ3n) is 2.19. The van der Waals surface area contributed by atoms with E-state index in [2.05, 4.69) is 4.98 Å². The van der Waals surface area contributed by atoms with Crippen LogP contribution in [0.5, 0.6) is 0 Å². The number of hydrogen-bond donors (Lipinski definition) is 0. The lowest BCUT2D eigenvalue weighted by atomic mass is 10.1. The van der Waals surface area contributed by atoms with Crippen molar-refractivity contribution in [1.29, 1.82) is 0 Å². The molecule has 2 aromatic rings. The normalized spacial score (nSPS) is 10.5. The average molecular weight is 286 g/mol. The Morgan fingerprint density at radius 2 is 1.94 bits per heavy atom. The maximum Gasteiger partial charge on any atom is 0.168 e. The van der Waals surface area contributed by atoms with E-state index < -0.39 is 0 Å². The molecule has 0 atom stereocenters. The van der Waals surface area contributed by atoms with Gasteiger partial charge in [-0.15, -0.1) is 11.3 Å². The zero-order valence-electron chi connectivity index (χ0n) is 9.04. The van der Waals surface area contributed by atoms with E-state index in [1.54, 1.807) is 18.2 Å². The molecule has 0 unspecified atom stereocenters. The van der Waals surface area contributed by atoms with Crippen LogP contribution in [0.2, 0.25) is 10.0 Å². The highest BCUT2D eigenvalue weighted by atomic mass is 35.5. The maximum absolute atomic E-state index is 12.0. The highest BCUT2D eigenvalue weighted by Gasteiger charge is 2.10. The second-order valence-corrected chi connectivity index (χ2v) is 5.55. The number of nitrogens with zero attached hydrogens (tertiary/aromatic N) is 1. The summed E-state index contributed by atoms with van der Waals surface area (Å²) in [6, 6.07) is 4.84. The standard InChI is InChI=1S/C12H9Cl2NOS/c1-7-15-11(6-17-7)5-12(16)8-2-9(13)4-10(14)3-8/h2-4,6H,5H2,1H3. The molecule has 0 fully saturated rings. The van der Waals surface area contributed by atoms with Gasteiger partial charge in [-0.05, 0) is 25.1 Å². The summed E-state index contributed by atoms with van der Waals surface area (Å²) in [6.45, 7) is 1.91. The van der Waals surface area contributed by atoms with Crippen molar-refractivity contribution in [2.24, 2.45) is 0 Å². The lowest BCUT2D eigenvalue weighted by Gasteiger charge is -2.01. The minimum absolute atomic E-state index is 0.0281. The molecule has 0 amide bonds. The summed E-state index contributed by atoms with van der Waals surface area (Å²) in [5.41, 5.74) is 1.31. The smallest absolute Gasteiger partial charge is 0.168 e. The van der Waals surface area contributed by atoms with Gasteiger partial charge in [0.1, 0.15) is 0 Å². The van der Waals surface area contributed by atoms with Gasteiger partial charge in [0.05, 0.1) is 17.1 Å². The molecule has 0 bridgehead atoms. The minimum atomic E-state index is -0.0281. The van der Waals surface area contributed by atoms with Gasteiger partial charge in [0.2, 0.25) is 0 Å². The maximum atomic E-state index is 12.0. The van der Waals surface area contributed by atoms with Gasteiger partial charge in [-0.1, -0.05) is 23.2 Å². The number of thiazole rings is 1. The van der Waals surface area contributed by atoms with E-state index in [1.807, 2.05) is 12.3 Å². The van der Waals surface area contributed by atoms with E-state index in [0.29, 0.717) is 15.6 Å². The molecular weight excluding hydrogens is 277 g/mol. The summed E-state index contributed by atoms with van der Waals surface area (Å²) in [4.78, 5) is 16.2. The molecule has 88 valence electrons. The predicted octanol–water partition coefficient (Wildman–Crippen LogP) is 4.18. The van der Waals surface area contributed by atoms with Crippen LogP contribution in [0.25, 0.3) is 0 Å². The second-order valence-electron chi connectivity index (χ2n) is 3.62. The van der Waals surface area contributed by atoms with Crippen LogP contribution < -0.4 is 0 Å². The average Bonchev–Trinajstić information content (AvgIpc) is 2.62. The molecule has 0 radical (unpaired) electrons. The molecule has 1 heterocycles. The largest absolute Gasteiger partial charge is 0.294 e. The quantitative estimate of drug-likeness (QED) is 0.792. The molecule has 0 saturated carbocycles. The molecule has 0 aliphatic carbocycles. The second kappa shape index (κ2) is 5.17. The Bertz CT molecular complexity index is 545. The van der Waals surface area contributed by atoms with Gasteiger partial charge >= 0.3 is 0 Å². The van der Waals surface area contributed by atoms with Crippen molar-refractivity contribution in [3.8, 4) is 0 Å². The number of carbonyl (C=O) groups is 1. The lowest BCUT2D eigenvalue weighted by Crippen LogP contribution is -2.03. The number of aromatic nitrogens is 1. The van der Waals surface area contributed by atoms with Gasteiger partial charge in [-0.25, -0.2) is 4.98 Å². The van der Waals surface area contributed by atoms with Gasteiger partial charge in [0.15, 0.2) is 5.78 Å². The Morgan fingerprint density at radius 3 is 2.47 bits per heavy atom. The molecule has 1 aromatic heterocycles. The molecule has 0 saturated heterocycles. The predicted molar refractivity (Wildman–Crippen MR) is 71.3 cm³/mol. The number of Topliss-reactive ketones (excluding diaryl/α,β-unsaturated/α-hetero) is 1. The van der Waals surface area contributed by atoms with Crippen molar-refractivity contribution < 1.29 is 4.79 Å². The summed E-state index contributed by atoms with van der Waals surface area (Å²) in [6.07, 6.45) is 0.279. The van der Waals surface area contributed by atoms with Gasteiger partial charge in [-0.3, -0.25) is 4.79 Å². The number of ketones is 1. The highest BCUT2D eigenvalue weighted by Crippen LogP contribution is 2.20. The fourth-order valence-corrected chi connectivity index (χ4v) is 2.61. The monoisotopic (exact) mass is 285 g/mol. The minimum Gasteiger partial charge on any atom is -0.294 e. The Labute approximate surface area is 113 Å². The van der Waals surface area contributed by atoms with Crippen molar-refractivity contribution in [2.45, 2.75) is 13.3 Å². The molecule has 2 nitrogen and oxygen atoms in total. The van der Waals surface area contributed by atoms with Crippen molar-refractivity contribution >= 4 is 40.3 Å². The van der Waals surface area contributed by atoms with E-state index in [-0.39, 0.29) is 12.2 Å². The zero-order valence-corrected chi connectivity index (χ0v) is 11.4. The van der Waals surface area contributed by atoms with Crippen LogP contribution in [-0.2, 0) is 6.42 Å². The van der Waals surface area contributed by atoms with Gasteiger partial charge in [0.25, 0.3) is 0 Å². The van der Waals surface area contributed by atoms with Gasteiger partial charge in [-0.2, -0.15) is 0 Å². The first-order valence-corrected chi connectivity index (χ1v) is 6.58. The summed E-state index contributed by atoms with van der Waals surface area (Å²) in [5, 5.41) is 3.78. The SMILES string of the molecule is Cc1nc(CC(=O)c2cc(Cl)cc(Cl)c2)cs1. The van der Waals surface area contributed by atoms with Gasteiger partial charge < -0.3 is 0 Å². The van der Waals surface area contributed by atoms with E-state index in [9.17, 15) is 4.79 Å². The van der Waals surface area contributed by atoms with Crippen molar-refractivity contribution in [1.82, 2.24) is 4.98 Å². The van der Waals surface area contributed by atoms with E-state index in [1.165, 1.54) is 11.3 Å². The molecule has 0 aliphatic heterocycles. The molecule has 0 spiro atoms. The van der Waals surface area contributed by atoms with Gasteiger partial charge in [0, 0.05) is 21.0 Å². The molecule has 2 rings (SSSR count). The molecule has 0 aliphatic rings. The number of rotatable bonds is 3. The van der Waals surface area contributed by atoms with E-state index in [0.717, 1.165) is 10.7 Å². The number of aryl methyl sites for hydroxylation is 1. The molecule has 1 aromatic carbocycles. The lowest BCUT2D eigenvalue weighted by molar-refractivity contribution is 0.0992. The summed E-state index contributed by atoms with van der Waals surface area (Å²) in [7, 11) is 0. The third-order valence-corrected chi connectivity index (χ3v) is 3.45. The van der Waals surface area contributed by atoms with E-state index in [4.69, 9.17) is 23.2 Å². The first-order chi connectivity index (χ1) is 8.04. The topological polar surface area (TPSA) is 30.0 Å². The number of carbonyl (C=O) groups excluding carboxylic acids is 1. The molecule has 0 N–H and O–H groups in total. The Balaban J connectivity index is 2.19. The molecular formula is C12H9Cl2NOS. The van der Waals surface area contributed by atoms with E-state index >= 15 is 0 Å². The first-order valence-electron chi connectivity index (χ1n) is 4.95. The number of benzene rings is 1. The summed E-state index contributed by atoms with van der Waals surface area (Å²) in [5.74, 6) is -0.0281. The van der Waals surface area contributed by atoms with Crippen LogP contribution in [0.15, 0.2) is 23.6 Å². The third kappa shape index (κ3) is 3.28. The Morgan fingerprint density at radius 1 is 1.29 bits per heavy atom. The fourth-order valence-electron chi connectivity index (χ4n) is 1.47. The van der Waals surface area contributed by atoms with Crippen LogP contribution >= 0.6 is 34.5 Å². The van der Waals surface area contributed by atoms with Crippen LogP contribution in [-0.4, -0.2) is 10.8 Å². The van der Waals surface area contributed by atoms with Crippen molar-refractivity contribution in [3.63, 3.8) is 0 Å². The molecule has 17 heavy (non-hydrogen) atoms. The summed E-state index contributed by atoms with van der Waals surface area (Å²) < 4.78 is 0. The molecule has 5 heteroatoms.